The van der Waals surface area contributed by atoms with Gasteiger partial charge in [-0.05, 0) is 29.8 Å². The molecule has 0 spiro atoms. The third kappa shape index (κ3) is 3.48. The highest BCUT2D eigenvalue weighted by molar-refractivity contribution is 5.51. The number of hydrogen-bond donors (Lipinski definition) is 0. The molecule has 0 bridgehead atoms. The second kappa shape index (κ2) is 6.39. The van der Waals surface area contributed by atoms with E-state index in [0.29, 0.717) is 0 Å². The molecule has 21 heavy (non-hydrogen) atoms. The Bertz CT molecular complexity index is 690. The van der Waals surface area contributed by atoms with E-state index in [4.69, 9.17) is 14.7 Å². The van der Waals surface area contributed by atoms with Crippen molar-refractivity contribution in [3.05, 3.63) is 63.7 Å². The molecule has 2 aromatic rings. The third-order valence-electron chi connectivity index (χ3n) is 2.84. The normalized spacial score (nSPS) is 9.71. The maximum atomic E-state index is 11.0. The summed E-state index contributed by atoms with van der Waals surface area (Å²) in [6, 6.07) is 13.2. The minimum atomic E-state index is -0.565. The van der Waals surface area contributed by atoms with E-state index in [1.54, 1.807) is 19.2 Å². The molecule has 0 aliphatic carbocycles. The number of benzene rings is 2. The Morgan fingerprint density at radius 3 is 2.52 bits per heavy atom. The average molecular weight is 284 g/mol. The van der Waals surface area contributed by atoms with Gasteiger partial charge < -0.3 is 9.47 Å². The minimum Gasteiger partial charge on any atom is -0.497 e. The summed E-state index contributed by atoms with van der Waals surface area (Å²) in [4.78, 5) is 10.4. The van der Waals surface area contributed by atoms with Crippen LogP contribution in [0.3, 0.4) is 0 Å². The van der Waals surface area contributed by atoms with Gasteiger partial charge in [-0.3, -0.25) is 10.1 Å². The zero-order valence-electron chi connectivity index (χ0n) is 11.3. The average Bonchev–Trinajstić information content (AvgIpc) is 2.53. The Hall–Kier alpha value is -3.07. The summed E-state index contributed by atoms with van der Waals surface area (Å²) in [7, 11) is 1.58. The standard InChI is InChI=1S/C15H12N2O4/c1-20-13-5-2-11(3-6-13)10-21-15-7-4-12(9-16)8-14(15)17(18)19/h2-8H,10H2,1H3. The number of nitro groups is 1. The quantitative estimate of drug-likeness (QED) is 0.622. The zero-order valence-corrected chi connectivity index (χ0v) is 11.3. The van der Waals surface area contributed by atoms with Crippen LogP contribution in [0.5, 0.6) is 11.5 Å². The fourth-order valence-corrected chi connectivity index (χ4v) is 1.73. The third-order valence-corrected chi connectivity index (χ3v) is 2.84. The van der Waals surface area contributed by atoms with Gasteiger partial charge in [0, 0.05) is 6.07 Å². The number of hydrogen-bond acceptors (Lipinski definition) is 5. The summed E-state index contributed by atoms with van der Waals surface area (Å²) in [6.07, 6.45) is 0. The molecule has 0 aromatic heterocycles. The molecule has 0 amide bonds. The summed E-state index contributed by atoms with van der Waals surface area (Å²) in [5.74, 6) is 0.859. The number of nitrogens with zero attached hydrogens (tertiary/aromatic N) is 2. The molecule has 2 aromatic carbocycles. The van der Waals surface area contributed by atoms with Crippen molar-refractivity contribution in [2.45, 2.75) is 6.61 Å². The molecule has 0 radical (unpaired) electrons. The molecule has 6 nitrogen and oxygen atoms in total. The summed E-state index contributed by atoms with van der Waals surface area (Å²) in [5.41, 5.74) is 0.857. The minimum absolute atomic E-state index is 0.134. The van der Waals surface area contributed by atoms with Crippen LogP contribution < -0.4 is 9.47 Å². The highest BCUT2D eigenvalue weighted by Crippen LogP contribution is 2.28. The van der Waals surface area contributed by atoms with Crippen LogP contribution in [0.2, 0.25) is 0 Å². The monoisotopic (exact) mass is 284 g/mol. The lowest BCUT2D eigenvalue weighted by atomic mass is 10.2. The fraction of sp³-hybridized carbons (Fsp3) is 0.133. The van der Waals surface area contributed by atoms with E-state index in [-0.39, 0.29) is 23.6 Å². The van der Waals surface area contributed by atoms with E-state index in [9.17, 15) is 10.1 Å². The van der Waals surface area contributed by atoms with Crippen LogP contribution in [0.15, 0.2) is 42.5 Å². The van der Waals surface area contributed by atoms with Gasteiger partial charge in [-0.1, -0.05) is 12.1 Å². The van der Waals surface area contributed by atoms with Crippen molar-refractivity contribution >= 4 is 5.69 Å². The summed E-state index contributed by atoms with van der Waals surface area (Å²) in [5, 5.41) is 19.8. The molecule has 0 heterocycles. The van der Waals surface area contributed by atoms with Crippen LogP contribution in [0.4, 0.5) is 5.69 Å². The first kappa shape index (κ1) is 14.3. The molecular formula is C15H12N2O4. The van der Waals surface area contributed by atoms with Crippen molar-refractivity contribution in [2.24, 2.45) is 0 Å². The van der Waals surface area contributed by atoms with Crippen molar-refractivity contribution in [1.82, 2.24) is 0 Å². The van der Waals surface area contributed by atoms with E-state index in [1.807, 2.05) is 18.2 Å². The molecule has 0 N–H and O–H groups in total. The first-order valence-corrected chi connectivity index (χ1v) is 6.08. The molecule has 0 saturated carbocycles. The van der Waals surface area contributed by atoms with Crippen LogP contribution >= 0.6 is 0 Å². The van der Waals surface area contributed by atoms with E-state index in [2.05, 4.69) is 0 Å². The van der Waals surface area contributed by atoms with Gasteiger partial charge in [0.25, 0.3) is 0 Å². The van der Waals surface area contributed by atoms with Gasteiger partial charge in [-0.15, -0.1) is 0 Å². The number of nitro benzene ring substituents is 1. The summed E-state index contributed by atoms with van der Waals surface area (Å²) < 4.78 is 10.5. The Morgan fingerprint density at radius 2 is 1.95 bits per heavy atom. The Morgan fingerprint density at radius 1 is 1.24 bits per heavy atom. The van der Waals surface area contributed by atoms with Gasteiger partial charge in [-0.2, -0.15) is 5.26 Å². The maximum Gasteiger partial charge on any atom is 0.312 e. The van der Waals surface area contributed by atoms with Crippen molar-refractivity contribution in [2.75, 3.05) is 7.11 Å². The fourth-order valence-electron chi connectivity index (χ4n) is 1.73. The van der Waals surface area contributed by atoms with Crippen LogP contribution in [-0.4, -0.2) is 12.0 Å². The Kier molecular flexibility index (Phi) is 4.36. The second-order valence-electron chi connectivity index (χ2n) is 4.19. The van der Waals surface area contributed by atoms with Gasteiger partial charge in [-0.25, -0.2) is 0 Å². The van der Waals surface area contributed by atoms with Crippen LogP contribution in [0, 0.1) is 21.4 Å². The first-order valence-electron chi connectivity index (χ1n) is 6.08. The molecule has 0 unspecified atom stereocenters. The van der Waals surface area contributed by atoms with E-state index >= 15 is 0 Å². The van der Waals surface area contributed by atoms with Crippen molar-refractivity contribution in [3.8, 4) is 17.6 Å². The number of methoxy groups -OCH3 is 1. The first-order chi connectivity index (χ1) is 10.1. The predicted octanol–water partition coefficient (Wildman–Crippen LogP) is 3.05. The van der Waals surface area contributed by atoms with Gasteiger partial charge >= 0.3 is 5.69 Å². The van der Waals surface area contributed by atoms with Crippen molar-refractivity contribution in [1.29, 1.82) is 5.26 Å². The number of rotatable bonds is 5. The molecule has 2 rings (SSSR count). The Labute approximate surface area is 121 Å². The maximum absolute atomic E-state index is 11.0. The van der Waals surface area contributed by atoms with Crippen molar-refractivity contribution < 1.29 is 14.4 Å². The van der Waals surface area contributed by atoms with Crippen LogP contribution in [0.1, 0.15) is 11.1 Å². The predicted molar refractivity (Wildman–Crippen MR) is 75.1 cm³/mol. The highest BCUT2D eigenvalue weighted by atomic mass is 16.6. The SMILES string of the molecule is COc1ccc(COc2ccc(C#N)cc2[N+](=O)[O-])cc1. The number of nitriles is 1. The molecule has 0 aliphatic rings. The molecular weight excluding hydrogens is 272 g/mol. The summed E-state index contributed by atoms with van der Waals surface area (Å²) in [6.45, 7) is 0.191. The zero-order chi connectivity index (χ0) is 15.2. The lowest BCUT2D eigenvalue weighted by molar-refractivity contribution is -0.386. The molecule has 0 saturated heterocycles. The molecule has 6 heteroatoms. The molecule has 0 atom stereocenters. The molecule has 0 fully saturated rings. The van der Waals surface area contributed by atoms with Gasteiger partial charge in [0.05, 0.1) is 23.7 Å². The largest absolute Gasteiger partial charge is 0.497 e. The second-order valence-corrected chi connectivity index (χ2v) is 4.19. The molecule has 0 aliphatic heterocycles. The number of ether oxygens (including phenoxy) is 2. The lowest BCUT2D eigenvalue weighted by Gasteiger charge is -2.07. The van der Waals surface area contributed by atoms with Gasteiger partial charge in [0.1, 0.15) is 12.4 Å². The van der Waals surface area contributed by atoms with Gasteiger partial charge in [0.15, 0.2) is 5.75 Å². The topological polar surface area (TPSA) is 85.4 Å². The van der Waals surface area contributed by atoms with E-state index in [1.165, 1.54) is 18.2 Å². The Balaban J connectivity index is 2.15. The van der Waals surface area contributed by atoms with Gasteiger partial charge in [0.2, 0.25) is 0 Å². The smallest absolute Gasteiger partial charge is 0.312 e. The highest BCUT2D eigenvalue weighted by Gasteiger charge is 2.16. The lowest BCUT2D eigenvalue weighted by Crippen LogP contribution is -1.99. The molecule has 106 valence electrons. The van der Waals surface area contributed by atoms with E-state index < -0.39 is 4.92 Å². The summed E-state index contributed by atoms with van der Waals surface area (Å²) >= 11 is 0. The van der Waals surface area contributed by atoms with E-state index in [0.717, 1.165) is 11.3 Å². The van der Waals surface area contributed by atoms with Crippen LogP contribution in [-0.2, 0) is 6.61 Å². The van der Waals surface area contributed by atoms with Crippen LogP contribution in [0.25, 0.3) is 0 Å². The van der Waals surface area contributed by atoms with Crippen molar-refractivity contribution in [3.63, 3.8) is 0 Å².